The molecule has 108 valence electrons. The Labute approximate surface area is 122 Å². The van der Waals surface area contributed by atoms with Crippen LogP contribution in [0.25, 0.3) is 0 Å². The molecule has 1 aromatic carbocycles. The predicted octanol–water partition coefficient (Wildman–Crippen LogP) is 2.27. The molecule has 1 aromatic rings. The summed E-state index contributed by atoms with van der Waals surface area (Å²) in [5.41, 5.74) is 0.878. The van der Waals surface area contributed by atoms with E-state index < -0.39 is 18.0 Å². The van der Waals surface area contributed by atoms with Gasteiger partial charge in [-0.1, -0.05) is 11.6 Å². The van der Waals surface area contributed by atoms with E-state index in [1.54, 1.807) is 12.1 Å². The zero-order valence-corrected chi connectivity index (χ0v) is 12.1. The number of nitrogens with zero attached hydrogens (tertiary/aromatic N) is 1. The summed E-state index contributed by atoms with van der Waals surface area (Å²) in [6.45, 7) is 4.80. The highest BCUT2D eigenvalue weighted by molar-refractivity contribution is 6.52. The number of fused-ring (bicyclic) bond motifs is 1. The van der Waals surface area contributed by atoms with Crippen molar-refractivity contribution in [3.63, 3.8) is 0 Å². The highest BCUT2D eigenvalue weighted by Gasteiger charge is 2.37. The number of amides is 1. The van der Waals surface area contributed by atoms with Crippen LogP contribution in [0.3, 0.4) is 0 Å². The molecule has 6 heteroatoms. The molecule has 1 aliphatic heterocycles. The van der Waals surface area contributed by atoms with Crippen LogP contribution in [-0.2, 0) is 14.3 Å². The van der Waals surface area contributed by atoms with Crippen molar-refractivity contribution in [1.29, 1.82) is 0 Å². The van der Waals surface area contributed by atoms with E-state index in [-0.39, 0.29) is 6.54 Å². The van der Waals surface area contributed by atoms with Crippen molar-refractivity contribution >= 4 is 29.0 Å². The zero-order valence-electron chi connectivity index (χ0n) is 11.4. The first-order chi connectivity index (χ1) is 9.58. The number of ketones is 1. The van der Waals surface area contributed by atoms with Crippen molar-refractivity contribution in [3.05, 3.63) is 28.8 Å². The molecule has 0 aromatic heterocycles. The van der Waals surface area contributed by atoms with E-state index in [0.29, 0.717) is 29.5 Å². The lowest BCUT2D eigenvalue weighted by molar-refractivity contribution is -0.134. The van der Waals surface area contributed by atoms with E-state index in [1.165, 1.54) is 11.0 Å². The van der Waals surface area contributed by atoms with Gasteiger partial charge in [0, 0.05) is 18.2 Å². The molecule has 0 fully saturated rings. The summed E-state index contributed by atoms with van der Waals surface area (Å²) in [5.74, 6) is -1.12. The zero-order chi connectivity index (χ0) is 14.7. The molecule has 20 heavy (non-hydrogen) atoms. The SMILES string of the molecule is CCOC(CN1C(=O)C(=O)c2cc(Cl)ccc21)OCC. The van der Waals surface area contributed by atoms with Crippen LogP contribution in [0.2, 0.25) is 5.02 Å². The number of ether oxygens (including phenoxy) is 2. The topological polar surface area (TPSA) is 55.8 Å². The number of hydrogen-bond donors (Lipinski definition) is 0. The summed E-state index contributed by atoms with van der Waals surface area (Å²) >= 11 is 5.86. The summed E-state index contributed by atoms with van der Waals surface area (Å²) in [4.78, 5) is 25.3. The largest absolute Gasteiger partial charge is 0.351 e. The number of benzene rings is 1. The van der Waals surface area contributed by atoms with Gasteiger partial charge >= 0.3 is 0 Å². The van der Waals surface area contributed by atoms with Crippen molar-refractivity contribution in [3.8, 4) is 0 Å². The van der Waals surface area contributed by atoms with Crippen LogP contribution in [0.1, 0.15) is 24.2 Å². The van der Waals surface area contributed by atoms with E-state index in [4.69, 9.17) is 21.1 Å². The molecule has 0 aliphatic carbocycles. The van der Waals surface area contributed by atoms with Crippen molar-refractivity contribution in [2.75, 3.05) is 24.7 Å². The van der Waals surface area contributed by atoms with Gasteiger partial charge < -0.3 is 9.47 Å². The average molecular weight is 298 g/mol. The van der Waals surface area contributed by atoms with Crippen molar-refractivity contribution in [2.24, 2.45) is 0 Å². The lowest BCUT2D eigenvalue weighted by atomic mass is 10.1. The molecule has 0 bridgehead atoms. The third-order valence-corrected chi connectivity index (χ3v) is 3.21. The molecule has 0 saturated heterocycles. The predicted molar refractivity (Wildman–Crippen MR) is 75.2 cm³/mol. The van der Waals surface area contributed by atoms with Gasteiger partial charge in [0.05, 0.1) is 17.8 Å². The lowest BCUT2D eigenvalue weighted by Gasteiger charge is -2.23. The number of halogens is 1. The van der Waals surface area contributed by atoms with E-state index in [2.05, 4.69) is 0 Å². The van der Waals surface area contributed by atoms with Crippen LogP contribution in [0.5, 0.6) is 0 Å². The van der Waals surface area contributed by atoms with E-state index in [1.807, 2.05) is 13.8 Å². The second-order valence-electron chi connectivity index (χ2n) is 4.25. The summed E-state index contributed by atoms with van der Waals surface area (Å²) < 4.78 is 10.8. The molecule has 5 nitrogen and oxygen atoms in total. The highest BCUT2D eigenvalue weighted by Crippen LogP contribution is 2.31. The minimum absolute atomic E-state index is 0.181. The third kappa shape index (κ3) is 2.85. The standard InChI is InChI=1S/C14H16ClNO4/c1-3-19-12(20-4-2)8-16-11-6-5-9(15)7-10(11)13(17)14(16)18/h5-7,12H,3-4,8H2,1-2H3. The molecule has 1 amide bonds. The molecule has 0 saturated carbocycles. The van der Waals surface area contributed by atoms with Gasteiger partial charge in [0.25, 0.3) is 11.7 Å². The number of hydrogen-bond acceptors (Lipinski definition) is 4. The van der Waals surface area contributed by atoms with Crippen LogP contribution in [0.15, 0.2) is 18.2 Å². The van der Waals surface area contributed by atoms with Crippen molar-refractivity contribution < 1.29 is 19.1 Å². The Kier molecular flexibility index (Phi) is 4.75. The van der Waals surface area contributed by atoms with E-state index >= 15 is 0 Å². The molecule has 0 atom stereocenters. The Morgan fingerprint density at radius 1 is 1.20 bits per heavy atom. The van der Waals surface area contributed by atoms with Crippen LogP contribution in [0.4, 0.5) is 5.69 Å². The van der Waals surface area contributed by atoms with E-state index in [0.717, 1.165) is 0 Å². The maximum atomic E-state index is 12.0. The van der Waals surface area contributed by atoms with Crippen LogP contribution < -0.4 is 4.90 Å². The number of carbonyl (C=O) groups is 2. The van der Waals surface area contributed by atoms with Gasteiger partial charge in [0.1, 0.15) is 0 Å². The Morgan fingerprint density at radius 2 is 1.85 bits per heavy atom. The van der Waals surface area contributed by atoms with Gasteiger partial charge in [-0.3, -0.25) is 14.5 Å². The number of carbonyl (C=O) groups excluding carboxylic acids is 2. The van der Waals surface area contributed by atoms with E-state index in [9.17, 15) is 9.59 Å². The van der Waals surface area contributed by atoms with Crippen LogP contribution in [0, 0.1) is 0 Å². The minimum Gasteiger partial charge on any atom is -0.351 e. The number of anilines is 1. The first kappa shape index (κ1) is 15.0. The fraction of sp³-hybridized carbons (Fsp3) is 0.429. The Balaban J connectivity index is 2.24. The van der Waals surface area contributed by atoms with Crippen LogP contribution in [-0.4, -0.2) is 37.7 Å². The molecular weight excluding hydrogens is 282 g/mol. The maximum Gasteiger partial charge on any atom is 0.299 e. The smallest absolute Gasteiger partial charge is 0.299 e. The molecule has 1 aliphatic rings. The van der Waals surface area contributed by atoms with Crippen molar-refractivity contribution in [2.45, 2.75) is 20.1 Å². The maximum absolute atomic E-state index is 12.0. The van der Waals surface area contributed by atoms with Gasteiger partial charge in [0.15, 0.2) is 6.29 Å². The number of rotatable bonds is 6. The molecular formula is C14H16ClNO4. The fourth-order valence-corrected chi connectivity index (χ4v) is 2.30. The summed E-state index contributed by atoms with van der Waals surface area (Å²) in [6, 6.07) is 4.82. The van der Waals surface area contributed by atoms with Crippen LogP contribution >= 0.6 is 11.6 Å². The third-order valence-electron chi connectivity index (χ3n) is 2.97. The molecule has 1 heterocycles. The first-order valence-corrected chi connectivity index (χ1v) is 6.85. The molecule has 0 unspecified atom stereocenters. The summed E-state index contributed by atoms with van der Waals surface area (Å²) in [7, 11) is 0. The second-order valence-corrected chi connectivity index (χ2v) is 4.68. The highest BCUT2D eigenvalue weighted by atomic mass is 35.5. The quantitative estimate of drug-likeness (QED) is 0.597. The average Bonchev–Trinajstić information content (AvgIpc) is 2.64. The van der Waals surface area contributed by atoms with Crippen molar-refractivity contribution in [1.82, 2.24) is 0 Å². The number of Topliss-reactive ketones (excluding diaryl/α,β-unsaturated/α-hetero) is 1. The van der Waals surface area contributed by atoms with Gasteiger partial charge in [0.2, 0.25) is 0 Å². The lowest BCUT2D eigenvalue weighted by Crippen LogP contribution is -2.39. The fourth-order valence-electron chi connectivity index (χ4n) is 2.13. The first-order valence-electron chi connectivity index (χ1n) is 6.47. The molecule has 2 rings (SSSR count). The Morgan fingerprint density at radius 3 is 2.45 bits per heavy atom. The Bertz CT molecular complexity index is 526. The summed E-state index contributed by atoms with van der Waals surface area (Å²) in [5, 5.41) is 0.429. The van der Waals surface area contributed by atoms with Gasteiger partial charge in [-0.2, -0.15) is 0 Å². The molecule has 0 spiro atoms. The van der Waals surface area contributed by atoms with Gasteiger partial charge in [-0.15, -0.1) is 0 Å². The van der Waals surface area contributed by atoms with Gasteiger partial charge in [-0.05, 0) is 32.0 Å². The molecule has 0 N–H and O–H groups in total. The monoisotopic (exact) mass is 297 g/mol. The normalized spacial score (nSPS) is 14.3. The molecule has 0 radical (unpaired) electrons. The van der Waals surface area contributed by atoms with Gasteiger partial charge in [-0.25, -0.2) is 0 Å². The Hall–Kier alpha value is -1.43. The minimum atomic E-state index is -0.577. The second kappa shape index (κ2) is 6.35. The summed E-state index contributed by atoms with van der Waals surface area (Å²) in [6.07, 6.45) is -0.552.